The van der Waals surface area contributed by atoms with E-state index in [0.717, 1.165) is 24.2 Å². The Kier molecular flexibility index (Phi) is 6.75. The van der Waals surface area contributed by atoms with Crippen molar-refractivity contribution in [1.29, 1.82) is 0 Å². The first-order valence-corrected chi connectivity index (χ1v) is 6.91. The Labute approximate surface area is 117 Å². The highest BCUT2D eigenvalue weighted by Crippen LogP contribution is 2.19. The lowest BCUT2D eigenvalue weighted by atomic mass is 10.0. The second-order valence-corrected chi connectivity index (χ2v) is 5.25. The topological polar surface area (TPSA) is 32.8 Å². The molecule has 0 unspecified atom stereocenters. The molecular formula is C13H23F3N2O2. The van der Waals surface area contributed by atoms with Gasteiger partial charge in [-0.15, -0.1) is 0 Å². The van der Waals surface area contributed by atoms with Gasteiger partial charge in [0, 0.05) is 26.2 Å². The SMILES string of the molecule is COCCN(CC(=O)N1CCCC[C@@H]1C)CC(F)(F)F. The van der Waals surface area contributed by atoms with Crippen LogP contribution in [-0.2, 0) is 9.53 Å². The third-order valence-corrected chi connectivity index (χ3v) is 3.50. The van der Waals surface area contributed by atoms with Crippen molar-refractivity contribution in [3.05, 3.63) is 0 Å². The Balaban J connectivity index is 2.55. The summed E-state index contributed by atoms with van der Waals surface area (Å²) in [5.41, 5.74) is 0. The average Bonchev–Trinajstić information content (AvgIpc) is 2.34. The van der Waals surface area contributed by atoms with Crippen LogP contribution >= 0.6 is 0 Å². The van der Waals surface area contributed by atoms with Crippen LogP contribution in [0.3, 0.4) is 0 Å². The van der Waals surface area contributed by atoms with Gasteiger partial charge in [0.15, 0.2) is 0 Å². The molecule has 1 heterocycles. The summed E-state index contributed by atoms with van der Waals surface area (Å²) < 4.78 is 42.3. The van der Waals surface area contributed by atoms with E-state index in [0.29, 0.717) is 6.54 Å². The van der Waals surface area contributed by atoms with E-state index < -0.39 is 12.7 Å². The summed E-state index contributed by atoms with van der Waals surface area (Å²) >= 11 is 0. The maximum absolute atomic E-state index is 12.5. The molecule has 0 aromatic rings. The number of hydrogen-bond acceptors (Lipinski definition) is 3. The van der Waals surface area contributed by atoms with Gasteiger partial charge in [-0.2, -0.15) is 13.2 Å². The third kappa shape index (κ3) is 6.09. The zero-order valence-corrected chi connectivity index (χ0v) is 12.1. The highest BCUT2D eigenvalue weighted by Gasteiger charge is 2.32. The van der Waals surface area contributed by atoms with Gasteiger partial charge in [-0.1, -0.05) is 0 Å². The molecule has 0 aliphatic carbocycles. The smallest absolute Gasteiger partial charge is 0.383 e. The molecule has 0 spiro atoms. The first-order chi connectivity index (χ1) is 9.33. The lowest BCUT2D eigenvalue weighted by Crippen LogP contribution is -2.49. The Morgan fingerprint density at radius 3 is 2.65 bits per heavy atom. The molecular weight excluding hydrogens is 273 g/mol. The van der Waals surface area contributed by atoms with Gasteiger partial charge in [0.05, 0.1) is 19.7 Å². The number of nitrogens with zero attached hydrogens (tertiary/aromatic N) is 2. The Morgan fingerprint density at radius 2 is 2.10 bits per heavy atom. The van der Waals surface area contributed by atoms with Gasteiger partial charge in [-0.05, 0) is 26.2 Å². The van der Waals surface area contributed by atoms with Crippen molar-refractivity contribution >= 4 is 5.91 Å². The number of piperidine rings is 1. The van der Waals surface area contributed by atoms with Gasteiger partial charge in [0.2, 0.25) is 5.91 Å². The van der Waals surface area contributed by atoms with Gasteiger partial charge in [-0.3, -0.25) is 9.69 Å². The summed E-state index contributed by atoms with van der Waals surface area (Å²) in [7, 11) is 1.43. The molecule has 4 nitrogen and oxygen atoms in total. The zero-order valence-electron chi connectivity index (χ0n) is 12.1. The van der Waals surface area contributed by atoms with Crippen LogP contribution in [0, 0.1) is 0 Å². The van der Waals surface area contributed by atoms with Crippen LogP contribution in [0.4, 0.5) is 13.2 Å². The van der Waals surface area contributed by atoms with Gasteiger partial charge in [0.1, 0.15) is 0 Å². The molecule has 1 aliphatic rings. The highest BCUT2D eigenvalue weighted by molar-refractivity contribution is 5.78. The Bertz CT molecular complexity index is 310. The maximum Gasteiger partial charge on any atom is 0.401 e. The fourth-order valence-electron chi connectivity index (χ4n) is 2.44. The minimum Gasteiger partial charge on any atom is -0.383 e. The summed E-state index contributed by atoms with van der Waals surface area (Å²) in [4.78, 5) is 14.9. The fraction of sp³-hybridized carbons (Fsp3) is 0.923. The predicted molar refractivity (Wildman–Crippen MR) is 69.4 cm³/mol. The molecule has 0 bridgehead atoms. The quantitative estimate of drug-likeness (QED) is 0.750. The van der Waals surface area contributed by atoms with E-state index in [4.69, 9.17) is 4.74 Å². The number of likely N-dealkylation sites (tertiary alicyclic amines) is 1. The molecule has 0 aromatic heterocycles. The predicted octanol–water partition coefficient (Wildman–Crippen LogP) is 1.90. The van der Waals surface area contributed by atoms with E-state index in [9.17, 15) is 18.0 Å². The molecule has 0 N–H and O–H groups in total. The number of alkyl halides is 3. The van der Waals surface area contributed by atoms with E-state index in [2.05, 4.69) is 0 Å². The van der Waals surface area contributed by atoms with Crippen molar-refractivity contribution < 1.29 is 22.7 Å². The summed E-state index contributed by atoms with van der Waals surface area (Å²) in [6, 6.07) is 0.117. The van der Waals surface area contributed by atoms with Crippen molar-refractivity contribution in [3.8, 4) is 0 Å². The summed E-state index contributed by atoms with van der Waals surface area (Å²) in [6.45, 7) is 1.59. The van der Waals surface area contributed by atoms with Crippen LogP contribution < -0.4 is 0 Å². The van der Waals surface area contributed by atoms with Gasteiger partial charge in [0.25, 0.3) is 0 Å². The van der Waals surface area contributed by atoms with E-state index in [-0.39, 0.29) is 31.6 Å². The lowest BCUT2D eigenvalue weighted by Gasteiger charge is -2.35. The van der Waals surface area contributed by atoms with Crippen LogP contribution in [0.5, 0.6) is 0 Å². The van der Waals surface area contributed by atoms with E-state index in [1.165, 1.54) is 7.11 Å². The van der Waals surface area contributed by atoms with Crippen LogP contribution in [0.2, 0.25) is 0 Å². The van der Waals surface area contributed by atoms with Crippen molar-refractivity contribution in [2.24, 2.45) is 0 Å². The maximum atomic E-state index is 12.5. The number of halogens is 3. The molecule has 20 heavy (non-hydrogen) atoms. The van der Waals surface area contributed by atoms with Crippen molar-refractivity contribution in [1.82, 2.24) is 9.80 Å². The fourth-order valence-corrected chi connectivity index (χ4v) is 2.44. The molecule has 1 atom stereocenters. The number of ether oxygens (including phenoxy) is 1. The number of methoxy groups -OCH3 is 1. The Hall–Kier alpha value is -0.820. The number of carbonyl (C=O) groups excluding carboxylic acids is 1. The van der Waals surface area contributed by atoms with Crippen LogP contribution in [0.1, 0.15) is 26.2 Å². The van der Waals surface area contributed by atoms with Gasteiger partial charge in [-0.25, -0.2) is 0 Å². The van der Waals surface area contributed by atoms with E-state index in [1.807, 2.05) is 6.92 Å². The minimum absolute atomic E-state index is 0.101. The molecule has 1 amide bonds. The first-order valence-electron chi connectivity index (χ1n) is 6.91. The lowest BCUT2D eigenvalue weighted by molar-refractivity contribution is -0.153. The average molecular weight is 296 g/mol. The van der Waals surface area contributed by atoms with Crippen molar-refractivity contribution in [2.45, 2.75) is 38.4 Å². The third-order valence-electron chi connectivity index (χ3n) is 3.50. The normalized spacial score (nSPS) is 20.5. The molecule has 0 aromatic carbocycles. The second-order valence-electron chi connectivity index (χ2n) is 5.25. The largest absolute Gasteiger partial charge is 0.401 e. The molecule has 0 saturated carbocycles. The van der Waals surface area contributed by atoms with Gasteiger partial charge < -0.3 is 9.64 Å². The molecule has 1 aliphatic heterocycles. The monoisotopic (exact) mass is 296 g/mol. The molecule has 0 radical (unpaired) electrons. The van der Waals surface area contributed by atoms with Crippen molar-refractivity contribution in [3.63, 3.8) is 0 Å². The first kappa shape index (κ1) is 17.2. The van der Waals surface area contributed by atoms with Gasteiger partial charge >= 0.3 is 6.18 Å². The van der Waals surface area contributed by atoms with E-state index in [1.54, 1.807) is 4.90 Å². The van der Waals surface area contributed by atoms with Crippen molar-refractivity contribution in [2.75, 3.05) is 39.9 Å². The standard InChI is InChI=1S/C13H23F3N2O2/c1-11-5-3-4-6-18(11)12(19)9-17(7-8-20-2)10-13(14,15)16/h11H,3-10H2,1-2H3/t11-/m0/s1. The molecule has 7 heteroatoms. The molecule has 1 rings (SSSR count). The van der Waals surface area contributed by atoms with Crippen LogP contribution in [-0.4, -0.2) is 67.8 Å². The van der Waals surface area contributed by atoms with Crippen LogP contribution in [0.15, 0.2) is 0 Å². The number of carbonyl (C=O) groups is 1. The highest BCUT2D eigenvalue weighted by atomic mass is 19.4. The summed E-state index contributed by atoms with van der Waals surface area (Å²) in [5, 5.41) is 0. The molecule has 118 valence electrons. The molecule has 1 saturated heterocycles. The molecule has 1 fully saturated rings. The second kappa shape index (κ2) is 7.83. The minimum atomic E-state index is -4.30. The summed E-state index contributed by atoms with van der Waals surface area (Å²) in [5.74, 6) is -0.224. The number of amides is 1. The van der Waals surface area contributed by atoms with E-state index >= 15 is 0 Å². The number of hydrogen-bond donors (Lipinski definition) is 0. The Morgan fingerprint density at radius 1 is 1.40 bits per heavy atom. The zero-order chi connectivity index (χ0) is 15.2. The summed E-state index contributed by atoms with van der Waals surface area (Å²) in [6.07, 6.45) is -1.39. The van der Waals surface area contributed by atoms with Crippen LogP contribution in [0.25, 0.3) is 0 Å². The number of rotatable bonds is 6.